The number of morpholine rings is 1. The maximum Gasteiger partial charge on any atom is 0.352 e. The van der Waals surface area contributed by atoms with Crippen molar-refractivity contribution in [1.82, 2.24) is 15.0 Å². The molecule has 1 saturated heterocycles. The highest BCUT2D eigenvalue weighted by atomic mass is 16.5. The number of rotatable bonds is 3. The SMILES string of the molecule is O=C1Nc2ncnc(N3CCOCC3)c2C1=Cc1ccc(C(=O)O)[nH]1. The first-order valence-corrected chi connectivity index (χ1v) is 7.77. The molecule has 2 aromatic rings. The number of carboxylic acid groups (broad SMARTS) is 1. The predicted molar refractivity (Wildman–Crippen MR) is 89.3 cm³/mol. The van der Waals surface area contributed by atoms with Crippen LogP contribution in [0.15, 0.2) is 18.5 Å². The molecule has 4 rings (SSSR count). The van der Waals surface area contributed by atoms with Crippen LogP contribution < -0.4 is 10.2 Å². The average molecular weight is 341 g/mol. The molecule has 2 aromatic heterocycles. The van der Waals surface area contributed by atoms with E-state index in [1.807, 2.05) is 0 Å². The van der Waals surface area contributed by atoms with Crippen LogP contribution >= 0.6 is 0 Å². The lowest BCUT2D eigenvalue weighted by atomic mass is 10.1. The van der Waals surface area contributed by atoms with Gasteiger partial charge in [0.25, 0.3) is 5.91 Å². The molecule has 0 radical (unpaired) electrons. The maximum atomic E-state index is 12.4. The summed E-state index contributed by atoms with van der Waals surface area (Å²) in [4.78, 5) is 36.7. The molecular weight excluding hydrogens is 326 g/mol. The number of hydrogen-bond donors (Lipinski definition) is 3. The quantitative estimate of drug-likeness (QED) is 0.707. The van der Waals surface area contributed by atoms with E-state index in [4.69, 9.17) is 9.84 Å². The molecule has 25 heavy (non-hydrogen) atoms. The number of anilines is 2. The van der Waals surface area contributed by atoms with Crippen LogP contribution in [0.2, 0.25) is 0 Å². The molecule has 0 unspecified atom stereocenters. The largest absolute Gasteiger partial charge is 0.477 e. The van der Waals surface area contributed by atoms with Gasteiger partial charge in [0.05, 0.1) is 24.4 Å². The fourth-order valence-electron chi connectivity index (χ4n) is 2.94. The van der Waals surface area contributed by atoms with Gasteiger partial charge in [0.1, 0.15) is 23.7 Å². The zero-order valence-corrected chi connectivity index (χ0v) is 13.2. The molecule has 0 atom stereocenters. The van der Waals surface area contributed by atoms with Crippen molar-refractivity contribution in [3.05, 3.63) is 35.4 Å². The third-order valence-corrected chi connectivity index (χ3v) is 4.12. The fraction of sp³-hybridized carbons (Fsp3) is 0.250. The van der Waals surface area contributed by atoms with Crippen molar-refractivity contribution in [2.75, 3.05) is 36.5 Å². The molecule has 0 bridgehead atoms. The second-order valence-corrected chi connectivity index (χ2v) is 5.66. The Balaban J connectivity index is 1.77. The van der Waals surface area contributed by atoms with Crippen molar-refractivity contribution in [2.45, 2.75) is 0 Å². The molecule has 1 fully saturated rings. The molecule has 9 heteroatoms. The van der Waals surface area contributed by atoms with Crippen molar-refractivity contribution in [3.63, 3.8) is 0 Å². The first-order chi connectivity index (χ1) is 12.1. The number of nitrogens with one attached hydrogen (secondary N) is 2. The second kappa shape index (κ2) is 6.02. The number of hydrogen-bond acceptors (Lipinski definition) is 6. The van der Waals surface area contributed by atoms with Crippen LogP contribution in [-0.4, -0.2) is 58.2 Å². The van der Waals surface area contributed by atoms with Gasteiger partial charge in [-0.25, -0.2) is 14.8 Å². The molecule has 128 valence electrons. The zero-order valence-electron chi connectivity index (χ0n) is 13.2. The van der Waals surface area contributed by atoms with Crippen LogP contribution in [0, 0.1) is 0 Å². The molecule has 1 amide bonds. The van der Waals surface area contributed by atoms with Gasteiger partial charge in [-0.2, -0.15) is 0 Å². The molecular formula is C16H15N5O4. The molecule has 2 aliphatic heterocycles. The van der Waals surface area contributed by atoms with Crippen LogP contribution in [0.25, 0.3) is 11.6 Å². The van der Waals surface area contributed by atoms with Gasteiger partial charge in [0.2, 0.25) is 0 Å². The molecule has 3 N–H and O–H groups in total. The lowest BCUT2D eigenvalue weighted by Crippen LogP contribution is -2.37. The number of fused-ring (bicyclic) bond motifs is 1. The van der Waals surface area contributed by atoms with Crippen LogP contribution in [0.1, 0.15) is 21.7 Å². The third-order valence-electron chi connectivity index (χ3n) is 4.12. The average Bonchev–Trinajstić information content (AvgIpc) is 3.21. The minimum absolute atomic E-state index is 0.0585. The summed E-state index contributed by atoms with van der Waals surface area (Å²) in [5.41, 5.74) is 1.60. The van der Waals surface area contributed by atoms with E-state index in [2.05, 4.69) is 25.2 Å². The minimum atomic E-state index is -1.06. The van der Waals surface area contributed by atoms with Gasteiger partial charge in [-0.15, -0.1) is 0 Å². The molecule has 0 saturated carbocycles. The number of H-pyrrole nitrogens is 1. The van der Waals surface area contributed by atoms with E-state index in [9.17, 15) is 9.59 Å². The summed E-state index contributed by atoms with van der Waals surface area (Å²) in [5, 5.41) is 11.7. The predicted octanol–water partition coefficient (Wildman–Crippen LogP) is 0.832. The first-order valence-electron chi connectivity index (χ1n) is 7.77. The van der Waals surface area contributed by atoms with E-state index >= 15 is 0 Å². The molecule has 2 aliphatic rings. The fourth-order valence-corrected chi connectivity index (χ4v) is 2.94. The Morgan fingerprint density at radius 2 is 2.08 bits per heavy atom. The van der Waals surface area contributed by atoms with Gasteiger partial charge >= 0.3 is 5.97 Å². The second-order valence-electron chi connectivity index (χ2n) is 5.66. The minimum Gasteiger partial charge on any atom is -0.477 e. The Morgan fingerprint density at radius 1 is 1.28 bits per heavy atom. The van der Waals surface area contributed by atoms with Gasteiger partial charge in [-0.3, -0.25) is 4.79 Å². The topological polar surface area (TPSA) is 120 Å². The monoisotopic (exact) mass is 341 g/mol. The Hall–Kier alpha value is -3.20. The summed E-state index contributed by atoms with van der Waals surface area (Å²) in [6, 6.07) is 3.06. The van der Waals surface area contributed by atoms with E-state index in [0.29, 0.717) is 54.8 Å². The molecule has 0 aromatic carbocycles. The van der Waals surface area contributed by atoms with Gasteiger partial charge in [-0.1, -0.05) is 0 Å². The van der Waals surface area contributed by atoms with Crippen LogP contribution in [0.5, 0.6) is 0 Å². The van der Waals surface area contributed by atoms with Gasteiger partial charge in [0.15, 0.2) is 0 Å². The number of aromatic nitrogens is 3. The number of carbonyl (C=O) groups is 2. The van der Waals surface area contributed by atoms with Gasteiger partial charge < -0.3 is 25.0 Å². The van der Waals surface area contributed by atoms with Crippen molar-refractivity contribution in [3.8, 4) is 0 Å². The van der Waals surface area contributed by atoms with Gasteiger partial charge in [-0.05, 0) is 18.2 Å². The first kappa shape index (κ1) is 15.3. The normalized spacial score (nSPS) is 18.3. The van der Waals surface area contributed by atoms with E-state index in [0.717, 1.165) is 0 Å². The van der Waals surface area contributed by atoms with E-state index < -0.39 is 5.97 Å². The highest BCUT2D eigenvalue weighted by Crippen LogP contribution is 2.37. The standard InChI is InChI=1S/C16H15N5O4/c22-15-10(7-9-1-2-11(19-9)16(23)24)12-13(20-15)17-8-18-14(12)21-3-5-25-6-4-21/h1-2,7-8,19H,3-6H2,(H,23,24)(H,17,18,20,22). The summed E-state index contributed by atoms with van der Waals surface area (Å²) >= 11 is 0. The summed E-state index contributed by atoms with van der Waals surface area (Å²) in [6.45, 7) is 2.54. The van der Waals surface area contributed by atoms with Crippen LogP contribution in [0.3, 0.4) is 0 Å². The number of nitrogens with zero attached hydrogens (tertiary/aromatic N) is 3. The van der Waals surface area contributed by atoms with Crippen LogP contribution in [-0.2, 0) is 9.53 Å². The highest BCUT2D eigenvalue weighted by Gasteiger charge is 2.31. The van der Waals surface area contributed by atoms with Crippen molar-refractivity contribution < 1.29 is 19.4 Å². The number of aromatic carboxylic acids is 1. The van der Waals surface area contributed by atoms with E-state index in [1.165, 1.54) is 12.4 Å². The van der Waals surface area contributed by atoms with Gasteiger partial charge in [0, 0.05) is 18.8 Å². The number of ether oxygens (including phenoxy) is 1. The lowest BCUT2D eigenvalue weighted by Gasteiger charge is -2.28. The number of aromatic amines is 1. The zero-order chi connectivity index (χ0) is 17.4. The van der Waals surface area contributed by atoms with Crippen LogP contribution in [0.4, 0.5) is 11.6 Å². The van der Waals surface area contributed by atoms with Crippen molar-refractivity contribution >= 4 is 35.2 Å². The summed E-state index contributed by atoms with van der Waals surface area (Å²) in [6.07, 6.45) is 3.03. The Kier molecular flexibility index (Phi) is 3.69. The summed E-state index contributed by atoms with van der Waals surface area (Å²) in [5.74, 6) is -0.226. The van der Waals surface area contributed by atoms with Crippen molar-refractivity contribution in [1.29, 1.82) is 0 Å². The Labute approximate surface area is 142 Å². The Bertz CT molecular complexity index is 882. The number of carbonyl (C=O) groups excluding carboxylic acids is 1. The maximum absolute atomic E-state index is 12.4. The number of amides is 1. The van der Waals surface area contributed by atoms with Crippen molar-refractivity contribution in [2.24, 2.45) is 0 Å². The number of carboxylic acids is 1. The summed E-state index contributed by atoms with van der Waals surface area (Å²) < 4.78 is 5.37. The van der Waals surface area contributed by atoms with E-state index in [-0.39, 0.29) is 11.6 Å². The molecule has 0 aliphatic carbocycles. The van der Waals surface area contributed by atoms with E-state index in [1.54, 1.807) is 12.1 Å². The molecule has 9 nitrogen and oxygen atoms in total. The Morgan fingerprint density at radius 3 is 2.80 bits per heavy atom. The lowest BCUT2D eigenvalue weighted by molar-refractivity contribution is -0.110. The summed E-state index contributed by atoms with van der Waals surface area (Å²) in [7, 11) is 0. The highest BCUT2D eigenvalue weighted by molar-refractivity contribution is 6.35. The smallest absolute Gasteiger partial charge is 0.352 e. The third kappa shape index (κ3) is 2.74. The molecule has 4 heterocycles. The molecule has 0 spiro atoms.